The predicted molar refractivity (Wildman–Crippen MR) is 89.6 cm³/mol. The van der Waals surface area contributed by atoms with Crippen LogP contribution in [0.25, 0.3) is 0 Å². The van der Waals surface area contributed by atoms with Gasteiger partial charge in [-0.1, -0.05) is 12.1 Å². The van der Waals surface area contributed by atoms with Gasteiger partial charge in [0.05, 0.1) is 11.4 Å². The summed E-state index contributed by atoms with van der Waals surface area (Å²) in [4.78, 5) is 2.23. The molecular weight excluding hydrogens is 291 g/mol. The first-order valence-corrected chi connectivity index (χ1v) is 8.28. The van der Waals surface area contributed by atoms with E-state index >= 15 is 0 Å². The Morgan fingerprint density at radius 3 is 2.61 bits per heavy atom. The fourth-order valence-electron chi connectivity index (χ4n) is 3.23. The normalized spacial score (nSPS) is 16.2. The van der Waals surface area contributed by atoms with Crippen LogP contribution in [-0.2, 0) is 20.1 Å². The van der Waals surface area contributed by atoms with Crippen molar-refractivity contribution in [2.45, 2.75) is 31.8 Å². The van der Waals surface area contributed by atoms with Crippen LogP contribution in [0.15, 0.2) is 30.3 Å². The second kappa shape index (κ2) is 7.23. The van der Waals surface area contributed by atoms with Crippen molar-refractivity contribution in [2.24, 2.45) is 7.05 Å². The van der Waals surface area contributed by atoms with Gasteiger partial charge in [0.1, 0.15) is 5.82 Å². The summed E-state index contributed by atoms with van der Waals surface area (Å²) < 4.78 is 15.0. The number of benzene rings is 1. The number of hydrogen-bond donors (Lipinski definition) is 1. The molecule has 0 radical (unpaired) electrons. The lowest BCUT2D eigenvalue weighted by Crippen LogP contribution is -2.26. The van der Waals surface area contributed by atoms with Gasteiger partial charge in [0.2, 0.25) is 0 Å². The Balaban J connectivity index is 1.62. The lowest BCUT2D eigenvalue weighted by Gasteiger charge is -2.20. The Morgan fingerprint density at radius 2 is 1.91 bits per heavy atom. The molecular formula is C18H25FN4. The summed E-state index contributed by atoms with van der Waals surface area (Å²) in [6.07, 6.45) is 2.34. The highest BCUT2D eigenvalue weighted by Crippen LogP contribution is 2.25. The third-order valence-corrected chi connectivity index (χ3v) is 4.55. The van der Waals surface area contributed by atoms with Crippen LogP contribution >= 0.6 is 0 Å². The molecule has 2 heterocycles. The number of hydrogen-bond acceptors (Lipinski definition) is 3. The van der Waals surface area contributed by atoms with Gasteiger partial charge < -0.3 is 5.32 Å². The predicted octanol–water partition coefficient (Wildman–Crippen LogP) is 2.66. The highest BCUT2D eigenvalue weighted by molar-refractivity contribution is 5.17. The van der Waals surface area contributed by atoms with Gasteiger partial charge >= 0.3 is 0 Å². The first kappa shape index (κ1) is 16.1. The third-order valence-electron chi connectivity index (χ3n) is 4.55. The van der Waals surface area contributed by atoms with E-state index in [1.807, 2.05) is 23.9 Å². The zero-order chi connectivity index (χ0) is 16.2. The Bertz CT molecular complexity index is 629. The lowest BCUT2D eigenvalue weighted by atomic mass is 9.94. The Morgan fingerprint density at radius 1 is 1.22 bits per heavy atom. The van der Waals surface area contributed by atoms with Crippen LogP contribution in [0.1, 0.15) is 35.7 Å². The number of nitrogens with one attached hydrogen (secondary N) is 1. The number of aromatic nitrogens is 2. The summed E-state index contributed by atoms with van der Waals surface area (Å²) >= 11 is 0. The van der Waals surface area contributed by atoms with E-state index in [0.717, 1.165) is 31.7 Å². The van der Waals surface area contributed by atoms with Crippen LogP contribution in [0.2, 0.25) is 0 Å². The van der Waals surface area contributed by atoms with Crippen LogP contribution in [0.4, 0.5) is 4.39 Å². The van der Waals surface area contributed by atoms with E-state index in [2.05, 4.69) is 23.3 Å². The fourth-order valence-corrected chi connectivity index (χ4v) is 3.23. The van der Waals surface area contributed by atoms with E-state index < -0.39 is 0 Å². The molecule has 4 nitrogen and oxygen atoms in total. The van der Waals surface area contributed by atoms with Crippen molar-refractivity contribution < 1.29 is 4.39 Å². The van der Waals surface area contributed by atoms with Gasteiger partial charge in [0.15, 0.2) is 0 Å². The highest BCUT2D eigenvalue weighted by atomic mass is 19.1. The molecule has 23 heavy (non-hydrogen) atoms. The number of halogens is 1. The zero-order valence-corrected chi connectivity index (χ0v) is 13.9. The van der Waals surface area contributed by atoms with Crippen molar-refractivity contribution in [1.29, 1.82) is 0 Å². The number of nitrogens with zero attached hydrogens (tertiary/aromatic N) is 3. The van der Waals surface area contributed by atoms with Crippen LogP contribution in [0, 0.1) is 5.82 Å². The smallest absolute Gasteiger partial charge is 0.123 e. The molecule has 1 saturated heterocycles. The summed E-state index contributed by atoms with van der Waals surface area (Å²) in [6, 6.07) is 8.97. The molecule has 0 aliphatic carbocycles. The van der Waals surface area contributed by atoms with Gasteiger partial charge in [-0.05, 0) is 56.7 Å². The van der Waals surface area contributed by atoms with Crippen LogP contribution in [-0.4, -0.2) is 34.8 Å². The second-order valence-corrected chi connectivity index (χ2v) is 6.51. The topological polar surface area (TPSA) is 33.1 Å². The van der Waals surface area contributed by atoms with E-state index in [0.29, 0.717) is 5.92 Å². The summed E-state index contributed by atoms with van der Waals surface area (Å²) in [5.41, 5.74) is 3.57. The minimum Gasteiger partial charge on any atom is -0.317 e. The van der Waals surface area contributed by atoms with Crippen LogP contribution < -0.4 is 5.32 Å². The molecule has 0 atom stereocenters. The molecule has 0 bridgehead atoms. The largest absolute Gasteiger partial charge is 0.317 e. The molecule has 0 amide bonds. The number of piperidine rings is 1. The molecule has 1 aromatic heterocycles. The maximum absolute atomic E-state index is 13.0. The van der Waals surface area contributed by atoms with Crippen molar-refractivity contribution in [2.75, 3.05) is 20.1 Å². The summed E-state index contributed by atoms with van der Waals surface area (Å²) in [5, 5.41) is 8.12. The minimum absolute atomic E-state index is 0.186. The molecule has 0 saturated carbocycles. The van der Waals surface area contributed by atoms with E-state index in [1.54, 1.807) is 0 Å². The van der Waals surface area contributed by atoms with E-state index in [4.69, 9.17) is 5.10 Å². The molecule has 1 fully saturated rings. The van der Waals surface area contributed by atoms with Crippen molar-refractivity contribution in [3.63, 3.8) is 0 Å². The van der Waals surface area contributed by atoms with Crippen molar-refractivity contribution in [1.82, 2.24) is 20.0 Å². The quantitative estimate of drug-likeness (QED) is 0.920. The molecule has 2 aromatic rings. The Hall–Kier alpha value is -1.72. The molecule has 1 aliphatic heterocycles. The van der Waals surface area contributed by atoms with Crippen molar-refractivity contribution in [3.8, 4) is 0 Å². The molecule has 124 valence electrons. The van der Waals surface area contributed by atoms with Gasteiger partial charge in [-0.3, -0.25) is 9.58 Å². The van der Waals surface area contributed by atoms with Crippen LogP contribution in [0.5, 0.6) is 0 Å². The maximum Gasteiger partial charge on any atom is 0.123 e. The fraction of sp³-hybridized carbons (Fsp3) is 0.500. The van der Waals surface area contributed by atoms with Crippen molar-refractivity contribution in [3.05, 3.63) is 53.1 Å². The summed E-state index contributed by atoms with van der Waals surface area (Å²) in [7, 11) is 4.10. The van der Waals surface area contributed by atoms with Gasteiger partial charge in [-0.25, -0.2) is 4.39 Å². The summed E-state index contributed by atoms with van der Waals surface area (Å²) in [5.74, 6) is 0.397. The van der Waals surface area contributed by atoms with Gasteiger partial charge in [0, 0.05) is 26.1 Å². The van der Waals surface area contributed by atoms with Gasteiger partial charge in [-0.2, -0.15) is 5.10 Å². The minimum atomic E-state index is -0.186. The van der Waals surface area contributed by atoms with Crippen molar-refractivity contribution >= 4 is 0 Å². The molecule has 5 heteroatoms. The molecule has 1 aliphatic rings. The lowest BCUT2D eigenvalue weighted by molar-refractivity contribution is 0.309. The summed E-state index contributed by atoms with van der Waals surface area (Å²) in [6.45, 7) is 3.81. The number of aryl methyl sites for hydroxylation is 1. The molecule has 0 spiro atoms. The Kier molecular flexibility index (Phi) is 5.08. The molecule has 0 unspecified atom stereocenters. The van der Waals surface area contributed by atoms with Gasteiger partial charge in [-0.15, -0.1) is 0 Å². The number of rotatable bonds is 5. The zero-order valence-electron chi connectivity index (χ0n) is 13.9. The highest BCUT2D eigenvalue weighted by Gasteiger charge is 2.19. The monoisotopic (exact) mass is 316 g/mol. The molecule has 3 rings (SSSR count). The average Bonchev–Trinajstić information content (AvgIpc) is 2.91. The van der Waals surface area contributed by atoms with Gasteiger partial charge in [0.25, 0.3) is 0 Å². The van der Waals surface area contributed by atoms with Crippen LogP contribution in [0.3, 0.4) is 0 Å². The molecule has 1 N–H and O–H groups in total. The average molecular weight is 316 g/mol. The Labute approximate surface area is 137 Å². The molecule has 1 aromatic carbocycles. The first-order valence-electron chi connectivity index (χ1n) is 8.28. The SMILES string of the molecule is CN(Cc1ccc(F)cc1)Cc1cc(C2CCNCC2)nn1C. The second-order valence-electron chi connectivity index (χ2n) is 6.51. The van der Waals surface area contributed by atoms with E-state index in [9.17, 15) is 4.39 Å². The van der Waals surface area contributed by atoms with E-state index in [1.165, 1.54) is 36.4 Å². The standard InChI is InChI=1S/C18H25FN4/c1-22(12-14-3-5-16(19)6-4-14)13-17-11-18(21-23(17)2)15-7-9-20-10-8-15/h3-6,11,15,20H,7-10,12-13H2,1-2H3. The van der Waals surface area contributed by atoms with E-state index in [-0.39, 0.29) is 5.82 Å². The first-order chi connectivity index (χ1) is 11.1. The third kappa shape index (κ3) is 4.18. The maximum atomic E-state index is 13.0.